The number of nitrogens with zero attached hydrogens (tertiary/aromatic N) is 1. The van der Waals surface area contributed by atoms with Crippen molar-refractivity contribution in [2.45, 2.75) is 70.9 Å². The van der Waals surface area contributed by atoms with E-state index in [0.29, 0.717) is 17.7 Å². The van der Waals surface area contributed by atoms with Gasteiger partial charge in [-0.15, -0.1) is 0 Å². The summed E-state index contributed by atoms with van der Waals surface area (Å²) in [6.45, 7) is 5.88. The second-order valence-electron chi connectivity index (χ2n) is 7.32. The Morgan fingerprint density at radius 3 is 2.62 bits per heavy atom. The van der Waals surface area contributed by atoms with Gasteiger partial charge in [-0.3, -0.25) is 4.90 Å². The molecule has 0 radical (unpaired) electrons. The largest absolute Gasteiger partial charge is 0.508 e. The van der Waals surface area contributed by atoms with Gasteiger partial charge >= 0.3 is 0 Å². The van der Waals surface area contributed by atoms with Crippen molar-refractivity contribution < 1.29 is 5.11 Å². The van der Waals surface area contributed by atoms with Crippen molar-refractivity contribution in [1.82, 2.24) is 4.90 Å². The molecule has 2 aliphatic carbocycles. The molecule has 0 heterocycles. The minimum Gasteiger partial charge on any atom is -0.508 e. The van der Waals surface area contributed by atoms with Crippen LogP contribution in [0.4, 0.5) is 0 Å². The number of aromatic hydroxyl groups is 1. The molecule has 1 aromatic rings. The third kappa shape index (κ3) is 3.26. The van der Waals surface area contributed by atoms with Gasteiger partial charge < -0.3 is 5.11 Å². The minimum atomic E-state index is 0.422. The molecule has 1 fully saturated rings. The highest BCUT2D eigenvalue weighted by molar-refractivity contribution is 5.38. The van der Waals surface area contributed by atoms with Crippen LogP contribution in [0.3, 0.4) is 0 Å². The van der Waals surface area contributed by atoms with Crippen LogP contribution in [0.25, 0.3) is 0 Å². The maximum Gasteiger partial charge on any atom is 0.115 e. The van der Waals surface area contributed by atoms with Crippen LogP contribution in [0, 0.1) is 5.92 Å². The molecule has 21 heavy (non-hydrogen) atoms. The zero-order valence-electron chi connectivity index (χ0n) is 13.5. The van der Waals surface area contributed by atoms with Gasteiger partial charge in [0.25, 0.3) is 0 Å². The molecule has 0 amide bonds. The number of hydrogen-bond donors (Lipinski definition) is 1. The summed E-state index contributed by atoms with van der Waals surface area (Å²) in [5.74, 6) is 1.14. The molecule has 1 saturated carbocycles. The van der Waals surface area contributed by atoms with E-state index in [1.54, 1.807) is 0 Å². The summed E-state index contributed by atoms with van der Waals surface area (Å²) in [7, 11) is 0. The Morgan fingerprint density at radius 1 is 1.14 bits per heavy atom. The molecular formula is C19H29NO. The highest BCUT2D eigenvalue weighted by Crippen LogP contribution is 2.39. The Balaban J connectivity index is 1.89. The summed E-state index contributed by atoms with van der Waals surface area (Å²) in [5, 5.41) is 9.76. The van der Waals surface area contributed by atoms with E-state index in [9.17, 15) is 5.11 Å². The van der Waals surface area contributed by atoms with Crippen LogP contribution in [0.1, 0.15) is 69.5 Å². The van der Waals surface area contributed by atoms with Crippen molar-refractivity contribution in [1.29, 1.82) is 0 Å². The third-order valence-electron chi connectivity index (χ3n) is 5.18. The second-order valence-corrected chi connectivity index (χ2v) is 7.32. The standard InChI is InChI=1S/C19H29NO/c1-14(2)13-20(16-7-3-4-8-16)19-9-5-6-15-12-17(21)10-11-18(15)19/h10-12,14,16,19,21H,3-9,13H2,1-2H3. The van der Waals surface area contributed by atoms with Crippen LogP contribution in [0.5, 0.6) is 5.75 Å². The quantitative estimate of drug-likeness (QED) is 0.870. The van der Waals surface area contributed by atoms with E-state index in [4.69, 9.17) is 0 Å². The van der Waals surface area contributed by atoms with E-state index in [1.165, 1.54) is 56.2 Å². The van der Waals surface area contributed by atoms with E-state index in [1.807, 2.05) is 12.1 Å². The van der Waals surface area contributed by atoms with Crippen LogP contribution >= 0.6 is 0 Å². The van der Waals surface area contributed by atoms with Crippen LogP contribution in [0.15, 0.2) is 18.2 Å². The molecule has 0 bridgehead atoms. The summed E-state index contributed by atoms with van der Waals surface area (Å²) in [5.41, 5.74) is 2.85. The lowest BCUT2D eigenvalue weighted by atomic mass is 9.85. The fourth-order valence-electron chi connectivity index (χ4n) is 4.31. The number of fused-ring (bicyclic) bond motifs is 1. The van der Waals surface area contributed by atoms with Gasteiger partial charge in [-0.25, -0.2) is 0 Å². The number of phenolic OH excluding ortho intramolecular Hbond substituents is 1. The van der Waals surface area contributed by atoms with Gasteiger partial charge in [0, 0.05) is 18.6 Å². The first kappa shape index (κ1) is 14.9. The Kier molecular flexibility index (Phi) is 4.54. The molecule has 1 atom stereocenters. The smallest absolute Gasteiger partial charge is 0.115 e. The molecule has 1 aromatic carbocycles. The average molecular weight is 287 g/mol. The van der Waals surface area contributed by atoms with Gasteiger partial charge in [0.15, 0.2) is 0 Å². The fraction of sp³-hybridized carbons (Fsp3) is 0.684. The maximum absolute atomic E-state index is 9.76. The number of rotatable bonds is 4. The summed E-state index contributed by atoms with van der Waals surface area (Å²) in [4.78, 5) is 2.80. The van der Waals surface area contributed by atoms with E-state index < -0.39 is 0 Å². The predicted octanol–water partition coefficient (Wildman–Crippen LogP) is 4.67. The van der Waals surface area contributed by atoms with E-state index in [-0.39, 0.29) is 0 Å². The number of phenols is 1. The van der Waals surface area contributed by atoms with Crippen LogP contribution < -0.4 is 0 Å². The zero-order valence-corrected chi connectivity index (χ0v) is 13.5. The fourth-order valence-corrected chi connectivity index (χ4v) is 4.31. The monoisotopic (exact) mass is 287 g/mol. The van der Waals surface area contributed by atoms with Gasteiger partial charge in [-0.05, 0) is 61.3 Å². The highest BCUT2D eigenvalue weighted by Gasteiger charge is 2.32. The molecule has 116 valence electrons. The first-order valence-electron chi connectivity index (χ1n) is 8.72. The molecule has 0 saturated heterocycles. The summed E-state index contributed by atoms with van der Waals surface area (Å²) >= 11 is 0. The van der Waals surface area contributed by atoms with Crippen molar-refractivity contribution in [3.8, 4) is 5.75 Å². The summed E-state index contributed by atoms with van der Waals surface area (Å²) in [6, 6.07) is 7.39. The lowest BCUT2D eigenvalue weighted by Crippen LogP contribution is -2.40. The van der Waals surface area contributed by atoms with Crippen LogP contribution in [-0.2, 0) is 6.42 Å². The molecule has 2 heteroatoms. The van der Waals surface area contributed by atoms with Gasteiger partial charge in [-0.2, -0.15) is 0 Å². The summed E-state index contributed by atoms with van der Waals surface area (Å²) in [6.07, 6.45) is 9.19. The maximum atomic E-state index is 9.76. The molecule has 0 aliphatic heterocycles. The van der Waals surface area contributed by atoms with Crippen LogP contribution in [0.2, 0.25) is 0 Å². The van der Waals surface area contributed by atoms with Gasteiger partial charge in [0.1, 0.15) is 5.75 Å². The number of aryl methyl sites for hydroxylation is 1. The summed E-state index contributed by atoms with van der Waals surface area (Å²) < 4.78 is 0. The van der Waals surface area contributed by atoms with Crippen molar-refractivity contribution in [2.75, 3.05) is 6.54 Å². The van der Waals surface area contributed by atoms with Gasteiger partial charge in [0.05, 0.1) is 0 Å². The lowest BCUT2D eigenvalue weighted by molar-refractivity contribution is 0.105. The Bertz CT molecular complexity index is 476. The Morgan fingerprint density at radius 2 is 1.90 bits per heavy atom. The Hall–Kier alpha value is -1.02. The molecular weight excluding hydrogens is 258 g/mol. The number of hydrogen-bond acceptors (Lipinski definition) is 2. The molecule has 1 unspecified atom stereocenters. The molecule has 3 rings (SSSR count). The topological polar surface area (TPSA) is 23.5 Å². The molecule has 2 nitrogen and oxygen atoms in total. The van der Waals surface area contributed by atoms with Crippen molar-refractivity contribution >= 4 is 0 Å². The molecule has 2 aliphatic rings. The lowest BCUT2D eigenvalue weighted by Gasteiger charge is -2.40. The van der Waals surface area contributed by atoms with Crippen molar-refractivity contribution in [2.24, 2.45) is 5.92 Å². The SMILES string of the molecule is CC(C)CN(C1CCCC1)C1CCCc2cc(O)ccc21. The number of benzene rings is 1. The van der Waals surface area contributed by atoms with E-state index in [2.05, 4.69) is 24.8 Å². The average Bonchev–Trinajstić information content (AvgIpc) is 2.97. The molecule has 1 N–H and O–H groups in total. The second kappa shape index (κ2) is 6.39. The first-order valence-corrected chi connectivity index (χ1v) is 8.72. The normalized spacial score (nSPS) is 23.0. The highest BCUT2D eigenvalue weighted by atomic mass is 16.3. The minimum absolute atomic E-state index is 0.422. The van der Waals surface area contributed by atoms with Crippen LogP contribution in [-0.4, -0.2) is 22.6 Å². The first-order chi connectivity index (χ1) is 10.1. The third-order valence-corrected chi connectivity index (χ3v) is 5.18. The van der Waals surface area contributed by atoms with Crippen molar-refractivity contribution in [3.63, 3.8) is 0 Å². The van der Waals surface area contributed by atoms with E-state index >= 15 is 0 Å². The Labute approximate surface area is 129 Å². The van der Waals surface area contributed by atoms with Gasteiger partial charge in [0.2, 0.25) is 0 Å². The predicted molar refractivity (Wildman–Crippen MR) is 87.6 cm³/mol. The van der Waals surface area contributed by atoms with Crippen molar-refractivity contribution in [3.05, 3.63) is 29.3 Å². The zero-order chi connectivity index (χ0) is 14.8. The molecule has 0 spiro atoms. The van der Waals surface area contributed by atoms with Gasteiger partial charge in [-0.1, -0.05) is 32.8 Å². The molecule has 0 aromatic heterocycles. The van der Waals surface area contributed by atoms with E-state index in [0.717, 1.165) is 12.5 Å².